The highest BCUT2D eigenvalue weighted by Gasteiger charge is 2.41. The summed E-state index contributed by atoms with van der Waals surface area (Å²) in [4.78, 5) is 0. The molecule has 0 saturated heterocycles. The number of rotatable bonds is 3. The van der Waals surface area contributed by atoms with Crippen LogP contribution in [0, 0.1) is 19.8 Å². The summed E-state index contributed by atoms with van der Waals surface area (Å²) in [5, 5.41) is 3.40. The maximum Gasteiger partial charge on any atom is 0.391 e. The van der Waals surface area contributed by atoms with Crippen molar-refractivity contribution in [2.75, 3.05) is 0 Å². The highest BCUT2D eigenvalue weighted by Crippen LogP contribution is 2.37. The van der Waals surface area contributed by atoms with E-state index in [9.17, 15) is 13.2 Å². The molecule has 0 aromatic heterocycles. The molecule has 0 unspecified atom stereocenters. The summed E-state index contributed by atoms with van der Waals surface area (Å²) in [6.07, 6.45) is -2.26. The lowest BCUT2D eigenvalue weighted by molar-refractivity contribution is -0.182. The zero-order chi connectivity index (χ0) is 14.8. The predicted molar refractivity (Wildman–Crippen MR) is 74.6 cm³/mol. The fourth-order valence-electron chi connectivity index (χ4n) is 2.92. The summed E-state index contributed by atoms with van der Waals surface area (Å²) in [5.74, 6) is -1.10. The molecular formula is C16H22F3N. The van der Waals surface area contributed by atoms with Crippen LogP contribution in [-0.2, 0) is 6.54 Å². The third-order valence-corrected chi connectivity index (χ3v) is 4.27. The molecule has 20 heavy (non-hydrogen) atoms. The van der Waals surface area contributed by atoms with Crippen LogP contribution < -0.4 is 5.32 Å². The Kier molecular flexibility index (Phi) is 4.74. The molecule has 0 bridgehead atoms. The highest BCUT2D eigenvalue weighted by molar-refractivity contribution is 5.30. The summed E-state index contributed by atoms with van der Waals surface area (Å²) in [7, 11) is 0. The Bertz CT molecular complexity index is 446. The molecule has 0 radical (unpaired) electrons. The molecule has 1 nitrogen and oxygen atoms in total. The first-order valence-corrected chi connectivity index (χ1v) is 7.22. The SMILES string of the molecule is Cc1ccc(CNC2CCC(C(F)(F)F)CC2)c(C)c1. The zero-order valence-electron chi connectivity index (χ0n) is 12.1. The van der Waals surface area contributed by atoms with E-state index in [0.717, 1.165) is 6.54 Å². The predicted octanol–water partition coefficient (Wildman–Crippen LogP) is 4.51. The molecule has 1 N–H and O–H groups in total. The minimum atomic E-state index is -4.02. The molecule has 0 aliphatic heterocycles. The van der Waals surface area contributed by atoms with E-state index in [0.29, 0.717) is 12.8 Å². The van der Waals surface area contributed by atoms with Gasteiger partial charge in [0, 0.05) is 12.6 Å². The molecule has 0 amide bonds. The molecule has 1 aliphatic carbocycles. The Morgan fingerprint density at radius 2 is 1.75 bits per heavy atom. The molecule has 0 heterocycles. The molecule has 1 aromatic rings. The third-order valence-electron chi connectivity index (χ3n) is 4.27. The molecule has 1 fully saturated rings. The second-order valence-electron chi connectivity index (χ2n) is 5.90. The maximum absolute atomic E-state index is 12.6. The van der Waals surface area contributed by atoms with E-state index in [4.69, 9.17) is 0 Å². The monoisotopic (exact) mass is 285 g/mol. The zero-order valence-corrected chi connectivity index (χ0v) is 12.1. The van der Waals surface area contributed by atoms with Crippen molar-refractivity contribution in [2.45, 2.75) is 58.3 Å². The summed E-state index contributed by atoms with van der Waals surface area (Å²) in [6, 6.07) is 6.52. The van der Waals surface area contributed by atoms with Gasteiger partial charge in [-0.25, -0.2) is 0 Å². The van der Waals surface area contributed by atoms with Gasteiger partial charge in [-0.05, 0) is 50.7 Å². The molecule has 2 rings (SSSR count). The number of nitrogens with one attached hydrogen (secondary N) is 1. The van der Waals surface area contributed by atoms with Crippen LogP contribution in [0.2, 0.25) is 0 Å². The number of hydrogen-bond donors (Lipinski definition) is 1. The van der Waals surface area contributed by atoms with Gasteiger partial charge in [-0.2, -0.15) is 13.2 Å². The number of aryl methyl sites for hydroxylation is 2. The van der Waals surface area contributed by atoms with E-state index < -0.39 is 12.1 Å². The molecule has 4 heteroatoms. The summed E-state index contributed by atoms with van der Waals surface area (Å²) in [6.45, 7) is 4.88. The minimum Gasteiger partial charge on any atom is -0.310 e. The van der Waals surface area contributed by atoms with E-state index in [1.165, 1.54) is 16.7 Å². The molecule has 0 atom stereocenters. The Balaban J connectivity index is 1.82. The summed E-state index contributed by atoms with van der Waals surface area (Å²) in [5.41, 5.74) is 3.70. The van der Waals surface area contributed by atoms with Crippen molar-refractivity contribution < 1.29 is 13.2 Å². The maximum atomic E-state index is 12.6. The molecule has 0 spiro atoms. The Morgan fingerprint density at radius 3 is 2.30 bits per heavy atom. The molecule has 1 aliphatic rings. The van der Waals surface area contributed by atoms with Crippen LogP contribution >= 0.6 is 0 Å². The first-order valence-electron chi connectivity index (χ1n) is 7.22. The van der Waals surface area contributed by atoms with Gasteiger partial charge in [-0.3, -0.25) is 0 Å². The normalized spacial score (nSPS) is 23.9. The van der Waals surface area contributed by atoms with Crippen LogP contribution in [0.4, 0.5) is 13.2 Å². The largest absolute Gasteiger partial charge is 0.391 e. The lowest BCUT2D eigenvalue weighted by Crippen LogP contribution is -2.36. The first-order chi connectivity index (χ1) is 9.36. The van der Waals surface area contributed by atoms with Crippen molar-refractivity contribution in [2.24, 2.45) is 5.92 Å². The van der Waals surface area contributed by atoms with E-state index in [1.54, 1.807) is 0 Å². The number of benzene rings is 1. The number of hydrogen-bond acceptors (Lipinski definition) is 1. The minimum absolute atomic E-state index is 0.217. The second kappa shape index (κ2) is 6.17. The lowest BCUT2D eigenvalue weighted by atomic mass is 9.85. The van der Waals surface area contributed by atoms with Gasteiger partial charge < -0.3 is 5.32 Å². The second-order valence-corrected chi connectivity index (χ2v) is 5.90. The van der Waals surface area contributed by atoms with Crippen molar-refractivity contribution in [3.8, 4) is 0 Å². The molecule has 1 saturated carbocycles. The fraction of sp³-hybridized carbons (Fsp3) is 0.625. The van der Waals surface area contributed by atoms with Crippen LogP contribution in [0.15, 0.2) is 18.2 Å². The van der Waals surface area contributed by atoms with Gasteiger partial charge in [0.15, 0.2) is 0 Å². The van der Waals surface area contributed by atoms with Crippen molar-refractivity contribution in [3.63, 3.8) is 0 Å². The van der Waals surface area contributed by atoms with E-state index >= 15 is 0 Å². The molecule has 1 aromatic carbocycles. The van der Waals surface area contributed by atoms with Crippen molar-refractivity contribution in [1.29, 1.82) is 0 Å². The van der Waals surface area contributed by atoms with Crippen molar-refractivity contribution >= 4 is 0 Å². The van der Waals surface area contributed by atoms with E-state index in [2.05, 4.69) is 37.4 Å². The van der Waals surface area contributed by atoms with Crippen LogP contribution in [0.5, 0.6) is 0 Å². The average molecular weight is 285 g/mol. The van der Waals surface area contributed by atoms with Crippen LogP contribution in [0.3, 0.4) is 0 Å². The van der Waals surface area contributed by atoms with Gasteiger partial charge in [0.25, 0.3) is 0 Å². The third kappa shape index (κ3) is 3.98. The highest BCUT2D eigenvalue weighted by atomic mass is 19.4. The molecule has 112 valence electrons. The van der Waals surface area contributed by atoms with Gasteiger partial charge >= 0.3 is 6.18 Å². The lowest BCUT2D eigenvalue weighted by Gasteiger charge is -2.30. The standard InChI is InChI=1S/C16H22F3N/c1-11-3-4-13(12(2)9-11)10-20-15-7-5-14(6-8-15)16(17,18)19/h3-4,9,14-15,20H,5-8,10H2,1-2H3. The fourth-order valence-corrected chi connectivity index (χ4v) is 2.92. The quantitative estimate of drug-likeness (QED) is 0.861. The Labute approximate surface area is 118 Å². The van der Waals surface area contributed by atoms with Gasteiger partial charge in [-0.1, -0.05) is 23.8 Å². The Hall–Kier alpha value is -1.03. The average Bonchev–Trinajstić information content (AvgIpc) is 2.37. The van der Waals surface area contributed by atoms with Crippen LogP contribution in [0.25, 0.3) is 0 Å². The van der Waals surface area contributed by atoms with Crippen LogP contribution in [0.1, 0.15) is 42.4 Å². The van der Waals surface area contributed by atoms with Gasteiger partial charge in [-0.15, -0.1) is 0 Å². The topological polar surface area (TPSA) is 12.0 Å². The Morgan fingerprint density at radius 1 is 1.10 bits per heavy atom. The van der Waals surface area contributed by atoms with Crippen LogP contribution in [-0.4, -0.2) is 12.2 Å². The number of halogens is 3. The summed E-state index contributed by atoms with van der Waals surface area (Å²) < 4.78 is 37.8. The number of alkyl halides is 3. The first kappa shape index (κ1) is 15.4. The molecular weight excluding hydrogens is 263 g/mol. The smallest absolute Gasteiger partial charge is 0.310 e. The van der Waals surface area contributed by atoms with E-state index in [-0.39, 0.29) is 18.9 Å². The van der Waals surface area contributed by atoms with Crippen molar-refractivity contribution in [3.05, 3.63) is 34.9 Å². The van der Waals surface area contributed by atoms with Crippen molar-refractivity contribution in [1.82, 2.24) is 5.32 Å². The van der Waals surface area contributed by atoms with Gasteiger partial charge in [0.2, 0.25) is 0 Å². The van der Waals surface area contributed by atoms with Gasteiger partial charge in [0.1, 0.15) is 0 Å². The van der Waals surface area contributed by atoms with E-state index in [1.807, 2.05) is 0 Å². The summed E-state index contributed by atoms with van der Waals surface area (Å²) >= 11 is 0. The van der Waals surface area contributed by atoms with Gasteiger partial charge in [0.05, 0.1) is 5.92 Å².